The Kier molecular flexibility index (Phi) is 4.28. The van der Waals surface area contributed by atoms with Crippen LogP contribution < -0.4 is 0 Å². The molecule has 1 aliphatic heterocycles. The van der Waals surface area contributed by atoms with Gasteiger partial charge in [0, 0.05) is 36.1 Å². The van der Waals surface area contributed by atoms with E-state index in [-0.39, 0.29) is 5.92 Å². The first-order valence-corrected chi connectivity index (χ1v) is 8.36. The van der Waals surface area contributed by atoms with Crippen LogP contribution in [0.15, 0.2) is 53.3 Å². The summed E-state index contributed by atoms with van der Waals surface area (Å²) in [5.74, 6) is 1.63. The summed E-state index contributed by atoms with van der Waals surface area (Å²) < 4.78 is 5.49. The molecule has 1 atom stereocenters. The zero-order valence-electron chi connectivity index (χ0n) is 13.1. The maximum atomic E-state index is 6.06. The Morgan fingerprint density at radius 3 is 2.92 bits per heavy atom. The standard InChI is InChI=1S/C18H17ClN4O/c19-16-3-1-2-13(10-16)11-23-9-6-15(12-23)18-21-17(22-24-18)14-4-7-20-8-5-14/h1-5,7-8,10,15H,6,9,11-12H2. The van der Waals surface area contributed by atoms with Gasteiger partial charge in [-0.15, -0.1) is 0 Å². The van der Waals surface area contributed by atoms with Crippen LogP contribution in [-0.2, 0) is 6.54 Å². The number of halogens is 1. The van der Waals surface area contributed by atoms with E-state index in [9.17, 15) is 0 Å². The van der Waals surface area contributed by atoms with Gasteiger partial charge < -0.3 is 4.52 Å². The summed E-state index contributed by atoms with van der Waals surface area (Å²) in [5.41, 5.74) is 2.15. The number of nitrogens with zero attached hydrogens (tertiary/aromatic N) is 4. The van der Waals surface area contributed by atoms with E-state index < -0.39 is 0 Å². The molecule has 3 heterocycles. The predicted octanol–water partition coefficient (Wildman–Crippen LogP) is 3.77. The Labute approximate surface area is 145 Å². The predicted molar refractivity (Wildman–Crippen MR) is 91.6 cm³/mol. The monoisotopic (exact) mass is 340 g/mol. The largest absolute Gasteiger partial charge is 0.339 e. The highest BCUT2D eigenvalue weighted by Gasteiger charge is 2.28. The first-order chi connectivity index (χ1) is 11.8. The summed E-state index contributed by atoms with van der Waals surface area (Å²) >= 11 is 6.06. The third-order valence-corrected chi connectivity index (χ3v) is 4.53. The van der Waals surface area contributed by atoms with E-state index in [2.05, 4.69) is 26.1 Å². The molecular formula is C18H17ClN4O. The molecular weight excluding hydrogens is 324 g/mol. The van der Waals surface area contributed by atoms with Gasteiger partial charge in [-0.2, -0.15) is 4.98 Å². The normalized spacial score (nSPS) is 18.1. The van der Waals surface area contributed by atoms with Crippen LogP contribution in [0.5, 0.6) is 0 Å². The number of aromatic nitrogens is 3. The first-order valence-electron chi connectivity index (χ1n) is 7.99. The van der Waals surface area contributed by atoms with E-state index in [0.29, 0.717) is 5.82 Å². The molecule has 2 aromatic heterocycles. The zero-order valence-corrected chi connectivity index (χ0v) is 13.9. The fourth-order valence-corrected chi connectivity index (χ4v) is 3.30. The van der Waals surface area contributed by atoms with Crippen molar-refractivity contribution in [2.45, 2.75) is 18.9 Å². The van der Waals surface area contributed by atoms with E-state index >= 15 is 0 Å². The topological polar surface area (TPSA) is 55.1 Å². The highest BCUT2D eigenvalue weighted by atomic mass is 35.5. The fourth-order valence-electron chi connectivity index (χ4n) is 3.09. The summed E-state index contributed by atoms with van der Waals surface area (Å²) in [7, 11) is 0. The summed E-state index contributed by atoms with van der Waals surface area (Å²) in [5, 5.41) is 4.88. The molecule has 3 aromatic rings. The molecule has 1 unspecified atom stereocenters. The van der Waals surface area contributed by atoms with Gasteiger partial charge in [0.25, 0.3) is 0 Å². The molecule has 122 valence electrons. The van der Waals surface area contributed by atoms with E-state index in [1.165, 1.54) is 5.56 Å². The second kappa shape index (κ2) is 6.71. The highest BCUT2D eigenvalue weighted by Crippen LogP contribution is 2.28. The lowest BCUT2D eigenvalue weighted by Crippen LogP contribution is -2.19. The van der Waals surface area contributed by atoms with Crippen molar-refractivity contribution in [2.75, 3.05) is 13.1 Å². The molecule has 0 aliphatic carbocycles. The van der Waals surface area contributed by atoms with Crippen molar-refractivity contribution < 1.29 is 4.52 Å². The van der Waals surface area contributed by atoms with Crippen LogP contribution in [-0.4, -0.2) is 33.1 Å². The Bertz CT molecular complexity index is 821. The van der Waals surface area contributed by atoms with E-state index in [0.717, 1.165) is 42.5 Å². The minimum atomic E-state index is 0.285. The molecule has 1 fully saturated rings. The van der Waals surface area contributed by atoms with Crippen molar-refractivity contribution in [3.05, 3.63) is 65.3 Å². The molecule has 4 rings (SSSR count). The second-order valence-electron chi connectivity index (χ2n) is 6.04. The van der Waals surface area contributed by atoms with Crippen molar-refractivity contribution in [1.82, 2.24) is 20.0 Å². The SMILES string of the molecule is Clc1cccc(CN2CCC(c3nc(-c4ccncc4)no3)C2)c1. The molecule has 0 saturated carbocycles. The van der Waals surface area contributed by atoms with Crippen LogP contribution in [0.3, 0.4) is 0 Å². The number of hydrogen-bond acceptors (Lipinski definition) is 5. The smallest absolute Gasteiger partial charge is 0.231 e. The van der Waals surface area contributed by atoms with Gasteiger partial charge >= 0.3 is 0 Å². The molecule has 0 bridgehead atoms. The second-order valence-corrected chi connectivity index (χ2v) is 6.48. The lowest BCUT2D eigenvalue weighted by molar-refractivity contribution is 0.309. The molecule has 1 aliphatic rings. The van der Waals surface area contributed by atoms with Gasteiger partial charge in [0.15, 0.2) is 0 Å². The van der Waals surface area contributed by atoms with Crippen LogP contribution in [0.4, 0.5) is 0 Å². The molecule has 1 saturated heterocycles. The van der Waals surface area contributed by atoms with Crippen LogP contribution in [0.2, 0.25) is 5.02 Å². The summed E-state index contributed by atoms with van der Waals surface area (Å²) in [4.78, 5) is 11.0. The van der Waals surface area contributed by atoms with Gasteiger partial charge in [-0.05, 0) is 42.8 Å². The fraction of sp³-hybridized carbons (Fsp3) is 0.278. The molecule has 0 spiro atoms. The van der Waals surface area contributed by atoms with Crippen LogP contribution in [0.25, 0.3) is 11.4 Å². The van der Waals surface area contributed by atoms with Gasteiger partial charge in [-0.1, -0.05) is 28.9 Å². The quantitative estimate of drug-likeness (QED) is 0.723. The maximum Gasteiger partial charge on any atom is 0.231 e. The van der Waals surface area contributed by atoms with E-state index in [4.69, 9.17) is 16.1 Å². The Morgan fingerprint density at radius 1 is 1.21 bits per heavy atom. The third kappa shape index (κ3) is 3.32. The molecule has 5 nitrogen and oxygen atoms in total. The maximum absolute atomic E-state index is 6.06. The summed E-state index contributed by atoms with van der Waals surface area (Å²) in [6, 6.07) is 11.8. The number of likely N-dealkylation sites (tertiary alicyclic amines) is 1. The lowest BCUT2D eigenvalue weighted by atomic mass is 10.1. The number of pyridine rings is 1. The first kappa shape index (κ1) is 15.3. The molecule has 0 amide bonds. The number of hydrogen-bond donors (Lipinski definition) is 0. The molecule has 0 N–H and O–H groups in total. The van der Waals surface area contributed by atoms with Crippen molar-refractivity contribution in [2.24, 2.45) is 0 Å². The van der Waals surface area contributed by atoms with Gasteiger partial charge in [0.2, 0.25) is 11.7 Å². The van der Waals surface area contributed by atoms with Crippen molar-refractivity contribution >= 4 is 11.6 Å². The van der Waals surface area contributed by atoms with Gasteiger partial charge in [0.05, 0.1) is 5.92 Å². The van der Waals surface area contributed by atoms with Gasteiger partial charge in [-0.3, -0.25) is 9.88 Å². The lowest BCUT2D eigenvalue weighted by Gasteiger charge is -2.15. The zero-order chi connectivity index (χ0) is 16.4. The molecule has 1 aromatic carbocycles. The Hall–Kier alpha value is -2.24. The van der Waals surface area contributed by atoms with E-state index in [1.807, 2.05) is 30.3 Å². The van der Waals surface area contributed by atoms with Crippen LogP contribution in [0.1, 0.15) is 23.8 Å². The minimum absolute atomic E-state index is 0.285. The van der Waals surface area contributed by atoms with Crippen LogP contribution in [0, 0.1) is 0 Å². The molecule has 24 heavy (non-hydrogen) atoms. The number of benzene rings is 1. The summed E-state index contributed by atoms with van der Waals surface area (Å²) in [6.07, 6.45) is 4.49. The molecule has 6 heteroatoms. The molecule has 0 radical (unpaired) electrons. The van der Waals surface area contributed by atoms with Crippen molar-refractivity contribution in [3.8, 4) is 11.4 Å². The number of rotatable bonds is 4. The average molecular weight is 341 g/mol. The summed E-state index contributed by atoms with van der Waals surface area (Å²) in [6.45, 7) is 2.83. The highest BCUT2D eigenvalue weighted by molar-refractivity contribution is 6.30. The van der Waals surface area contributed by atoms with Crippen LogP contribution >= 0.6 is 11.6 Å². The van der Waals surface area contributed by atoms with E-state index in [1.54, 1.807) is 12.4 Å². The van der Waals surface area contributed by atoms with Gasteiger partial charge in [0.1, 0.15) is 0 Å². The van der Waals surface area contributed by atoms with Gasteiger partial charge in [-0.25, -0.2) is 0 Å². The Morgan fingerprint density at radius 2 is 2.08 bits per heavy atom. The van der Waals surface area contributed by atoms with Crippen molar-refractivity contribution in [3.63, 3.8) is 0 Å². The third-order valence-electron chi connectivity index (χ3n) is 4.30. The average Bonchev–Trinajstić information content (AvgIpc) is 3.25. The van der Waals surface area contributed by atoms with Crippen molar-refractivity contribution in [1.29, 1.82) is 0 Å². The Balaban J connectivity index is 1.43. The minimum Gasteiger partial charge on any atom is -0.339 e.